The highest BCUT2D eigenvalue weighted by atomic mass is 79.9. The Bertz CT molecular complexity index is 940. The molecule has 0 spiro atoms. The Morgan fingerprint density at radius 1 is 1.06 bits per heavy atom. The monoisotopic (exact) mass is 518 g/mol. The van der Waals surface area contributed by atoms with Crippen LogP contribution in [0.15, 0.2) is 40.9 Å². The van der Waals surface area contributed by atoms with Gasteiger partial charge in [0.1, 0.15) is 17.5 Å². The summed E-state index contributed by atoms with van der Waals surface area (Å²) in [6.45, 7) is 9.97. The van der Waals surface area contributed by atoms with E-state index in [4.69, 9.17) is 9.47 Å². The fourth-order valence-corrected chi connectivity index (χ4v) is 3.77. The Kier molecular flexibility index (Phi) is 10.2. The zero-order valence-electron chi connectivity index (χ0n) is 20.4. The Morgan fingerprint density at radius 3 is 2.30 bits per heavy atom. The molecule has 2 rings (SSSR count). The molecule has 2 aromatic carbocycles. The first-order valence-corrected chi connectivity index (χ1v) is 12.1. The maximum Gasteiger partial charge on any atom is 0.261 e. The number of methoxy groups -OCH3 is 1. The molecule has 33 heavy (non-hydrogen) atoms. The topological polar surface area (TPSA) is 67.9 Å². The van der Waals surface area contributed by atoms with Crippen molar-refractivity contribution >= 4 is 27.7 Å². The van der Waals surface area contributed by atoms with Crippen LogP contribution < -0.4 is 14.8 Å². The van der Waals surface area contributed by atoms with Gasteiger partial charge in [-0.05, 0) is 74.6 Å². The average Bonchev–Trinajstić information content (AvgIpc) is 2.80. The van der Waals surface area contributed by atoms with Crippen LogP contribution in [0.2, 0.25) is 0 Å². The average molecular weight is 519 g/mol. The smallest absolute Gasteiger partial charge is 0.261 e. The minimum atomic E-state index is -0.602. The SMILES string of the molecule is CC[C@@H](C)NC(=O)[C@H](CC)N(Cc1cccc(OC)c1)C(=O)COc1cc(C)c(Br)c(C)c1. The highest BCUT2D eigenvalue weighted by Crippen LogP contribution is 2.26. The van der Waals surface area contributed by atoms with Crippen LogP contribution in [0.1, 0.15) is 50.3 Å². The van der Waals surface area contributed by atoms with Crippen LogP contribution in [0.25, 0.3) is 0 Å². The Balaban J connectivity index is 2.27. The van der Waals surface area contributed by atoms with E-state index in [0.717, 1.165) is 27.6 Å². The second kappa shape index (κ2) is 12.6. The number of carbonyl (C=O) groups excluding carboxylic acids is 2. The van der Waals surface area contributed by atoms with Crippen molar-refractivity contribution in [3.63, 3.8) is 0 Å². The molecular formula is C26H35BrN2O4. The van der Waals surface area contributed by atoms with Gasteiger partial charge in [0.25, 0.3) is 5.91 Å². The molecular weight excluding hydrogens is 484 g/mol. The Hall–Kier alpha value is -2.54. The van der Waals surface area contributed by atoms with Gasteiger partial charge in [0.2, 0.25) is 5.91 Å². The zero-order valence-corrected chi connectivity index (χ0v) is 22.0. The van der Waals surface area contributed by atoms with Gasteiger partial charge in [-0.15, -0.1) is 0 Å². The first kappa shape index (κ1) is 26.7. The van der Waals surface area contributed by atoms with Crippen molar-refractivity contribution < 1.29 is 19.1 Å². The highest BCUT2D eigenvalue weighted by Gasteiger charge is 2.29. The molecule has 0 radical (unpaired) electrons. The van der Waals surface area contributed by atoms with Gasteiger partial charge >= 0.3 is 0 Å². The molecule has 7 heteroatoms. The van der Waals surface area contributed by atoms with Gasteiger partial charge in [-0.1, -0.05) is 41.9 Å². The molecule has 2 atom stereocenters. The fraction of sp³-hybridized carbons (Fsp3) is 0.462. The lowest BCUT2D eigenvalue weighted by molar-refractivity contribution is -0.143. The summed E-state index contributed by atoms with van der Waals surface area (Å²) in [4.78, 5) is 28.0. The molecule has 0 saturated carbocycles. The van der Waals surface area contributed by atoms with Gasteiger partial charge in [0, 0.05) is 17.1 Å². The van der Waals surface area contributed by atoms with E-state index < -0.39 is 6.04 Å². The minimum Gasteiger partial charge on any atom is -0.497 e. The van der Waals surface area contributed by atoms with Gasteiger partial charge in [0.05, 0.1) is 7.11 Å². The summed E-state index contributed by atoms with van der Waals surface area (Å²) in [5.74, 6) is 0.926. The lowest BCUT2D eigenvalue weighted by atomic mass is 10.1. The van der Waals surface area contributed by atoms with Crippen LogP contribution in [-0.4, -0.2) is 42.5 Å². The maximum atomic E-state index is 13.4. The molecule has 0 aliphatic rings. The third-order valence-corrected chi connectivity index (χ3v) is 6.90. The first-order chi connectivity index (χ1) is 15.7. The summed E-state index contributed by atoms with van der Waals surface area (Å²) < 4.78 is 12.2. The number of nitrogens with one attached hydrogen (secondary N) is 1. The van der Waals surface area contributed by atoms with Crippen molar-refractivity contribution in [3.05, 3.63) is 57.6 Å². The molecule has 0 bridgehead atoms. The standard InChI is InChI=1S/C26H35BrN2O4/c1-7-19(5)28-26(31)23(8-2)29(15-20-10-9-11-21(14-20)32-6)24(30)16-33-22-12-17(3)25(27)18(4)13-22/h9-14,19,23H,7-8,15-16H2,1-6H3,(H,28,31)/t19-,23+/m1/s1. The number of rotatable bonds is 11. The minimum absolute atomic E-state index is 0.0327. The second-order valence-corrected chi connectivity index (χ2v) is 9.07. The van der Waals surface area contributed by atoms with E-state index in [1.807, 2.05) is 71.0 Å². The number of nitrogens with zero attached hydrogens (tertiary/aromatic N) is 1. The quantitative estimate of drug-likeness (QED) is 0.445. The van der Waals surface area contributed by atoms with E-state index in [9.17, 15) is 9.59 Å². The van der Waals surface area contributed by atoms with Gasteiger partial charge in [-0.2, -0.15) is 0 Å². The molecule has 0 aromatic heterocycles. The third kappa shape index (κ3) is 7.49. The Labute approximate surface area is 205 Å². The molecule has 1 N–H and O–H groups in total. The lowest BCUT2D eigenvalue weighted by Crippen LogP contribution is -2.51. The molecule has 6 nitrogen and oxygen atoms in total. The summed E-state index contributed by atoms with van der Waals surface area (Å²) in [5, 5.41) is 3.02. The van der Waals surface area contributed by atoms with Crippen molar-refractivity contribution in [2.45, 2.75) is 66.1 Å². The Morgan fingerprint density at radius 2 is 1.73 bits per heavy atom. The molecule has 0 heterocycles. The van der Waals surface area contributed by atoms with Gasteiger partial charge < -0.3 is 19.7 Å². The van der Waals surface area contributed by atoms with Gasteiger partial charge in [0.15, 0.2) is 6.61 Å². The molecule has 2 amide bonds. The van der Waals surface area contributed by atoms with Crippen molar-refractivity contribution in [3.8, 4) is 11.5 Å². The van der Waals surface area contributed by atoms with E-state index in [1.54, 1.807) is 12.0 Å². The summed E-state index contributed by atoms with van der Waals surface area (Å²) >= 11 is 3.55. The van der Waals surface area contributed by atoms with E-state index in [1.165, 1.54) is 0 Å². The summed E-state index contributed by atoms with van der Waals surface area (Å²) in [6, 6.07) is 10.7. The molecule has 0 saturated heterocycles. The van der Waals surface area contributed by atoms with Crippen LogP contribution in [0.5, 0.6) is 11.5 Å². The lowest BCUT2D eigenvalue weighted by Gasteiger charge is -2.31. The maximum absolute atomic E-state index is 13.4. The number of halogens is 1. The molecule has 180 valence electrons. The predicted molar refractivity (Wildman–Crippen MR) is 135 cm³/mol. The normalized spacial score (nSPS) is 12.6. The number of amides is 2. The van der Waals surface area contributed by atoms with Crippen LogP contribution >= 0.6 is 15.9 Å². The van der Waals surface area contributed by atoms with Gasteiger partial charge in [-0.3, -0.25) is 9.59 Å². The predicted octanol–water partition coefficient (Wildman–Crippen LogP) is 5.18. The van der Waals surface area contributed by atoms with E-state index in [2.05, 4.69) is 21.2 Å². The molecule has 0 aliphatic heterocycles. The van der Waals surface area contributed by atoms with Gasteiger partial charge in [-0.25, -0.2) is 0 Å². The van der Waals surface area contributed by atoms with E-state index in [-0.39, 0.29) is 31.0 Å². The number of hydrogen-bond donors (Lipinski definition) is 1. The van der Waals surface area contributed by atoms with Crippen LogP contribution in [0.4, 0.5) is 0 Å². The zero-order chi connectivity index (χ0) is 24.5. The van der Waals surface area contributed by atoms with Crippen LogP contribution in [0.3, 0.4) is 0 Å². The molecule has 0 aliphatic carbocycles. The van der Waals surface area contributed by atoms with Crippen LogP contribution in [0, 0.1) is 13.8 Å². The number of ether oxygens (including phenoxy) is 2. The number of hydrogen-bond acceptors (Lipinski definition) is 4. The van der Waals surface area contributed by atoms with E-state index in [0.29, 0.717) is 17.9 Å². The number of benzene rings is 2. The van der Waals surface area contributed by atoms with Crippen molar-refractivity contribution in [2.75, 3.05) is 13.7 Å². The number of carbonyl (C=O) groups is 2. The molecule has 2 aromatic rings. The third-order valence-electron chi connectivity index (χ3n) is 5.65. The first-order valence-electron chi connectivity index (χ1n) is 11.3. The summed E-state index contributed by atoms with van der Waals surface area (Å²) in [7, 11) is 1.60. The summed E-state index contributed by atoms with van der Waals surface area (Å²) in [5.41, 5.74) is 2.95. The van der Waals surface area contributed by atoms with E-state index >= 15 is 0 Å². The van der Waals surface area contributed by atoms with Crippen molar-refractivity contribution in [1.29, 1.82) is 0 Å². The fourth-order valence-electron chi connectivity index (χ4n) is 3.55. The molecule has 0 fully saturated rings. The molecule has 0 unspecified atom stereocenters. The number of aryl methyl sites for hydroxylation is 2. The summed E-state index contributed by atoms with van der Waals surface area (Å²) in [6.07, 6.45) is 1.31. The second-order valence-electron chi connectivity index (χ2n) is 8.27. The van der Waals surface area contributed by atoms with Crippen molar-refractivity contribution in [2.24, 2.45) is 0 Å². The highest BCUT2D eigenvalue weighted by molar-refractivity contribution is 9.10. The van der Waals surface area contributed by atoms with Crippen molar-refractivity contribution in [1.82, 2.24) is 10.2 Å². The largest absolute Gasteiger partial charge is 0.497 e. The van der Waals surface area contributed by atoms with Crippen LogP contribution in [-0.2, 0) is 16.1 Å².